The number of aliphatic carboxylic acids is 2. The summed E-state index contributed by atoms with van der Waals surface area (Å²) in [6.07, 6.45) is -1.47. The predicted octanol–water partition coefficient (Wildman–Crippen LogP) is 1.84. The predicted molar refractivity (Wildman–Crippen MR) is 168 cm³/mol. The van der Waals surface area contributed by atoms with Crippen LogP contribution in [0.2, 0.25) is 0 Å². The maximum Gasteiger partial charge on any atom is 0.127 e. The summed E-state index contributed by atoms with van der Waals surface area (Å²) in [4.78, 5) is 17.9. The number of carboxylic acids is 2. The molecule has 0 spiro atoms. The topological polar surface area (TPSA) is 186 Å². The minimum absolute atomic E-state index is 0.0257. The highest BCUT2D eigenvalue weighted by Gasteiger charge is 2.15. The summed E-state index contributed by atoms with van der Waals surface area (Å²) in [5, 5.41) is 63.2. The number of rotatable bonds is 12. The number of aliphatic hydroxyl groups excluding tert-OH is 2. The Kier molecular flexibility index (Phi) is 15.9. The van der Waals surface area contributed by atoms with E-state index in [1.54, 1.807) is 0 Å². The van der Waals surface area contributed by atoms with E-state index in [0.29, 0.717) is 0 Å². The maximum atomic E-state index is 9.88. The number of hydroxylamine groups is 4. The minimum Gasteiger partial charge on any atom is -0.543 e. The van der Waals surface area contributed by atoms with Crippen LogP contribution in [0.15, 0.2) is 84.9 Å². The fourth-order valence-corrected chi connectivity index (χ4v) is 3.97. The van der Waals surface area contributed by atoms with Crippen molar-refractivity contribution in [2.45, 2.75) is 52.0 Å². The monoisotopic (exact) mass is 638 g/mol. The van der Waals surface area contributed by atoms with Gasteiger partial charge < -0.3 is 49.9 Å². The fraction of sp³-hybridized carbons (Fsp3) is 0.353. The molecule has 0 aliphatic carbocycles. The van der Waals surface area contributed by atoms with Gasteiger partial charge in [0.15, 0.2) is 0 Å². The van der Waals surface area contributed by atoms with Gasteiger partial charge in [-0.15, -0.1) is 0 Å². The zero-order chi connectivity index (χ0) is 34.2. The molecule has 4 aromatic rings. The molecule has 0 aliphatic rings. The van der Waals surface area contributed by atoms with Gasteiger partial charge >= 0.3 is 0 Å². The molecule has 2 atom stereocenters. The van der Waals surface area contributed by atoms with Gasteiger partial charge in [-0.2, -0.15) is 10.1 Å². The molecule has 12 nitrogen and oxygen atoms in total. The van der Waals surface area contributed by atoms with Gasteiger partial charge in [0.25, 0.3) is 0 Å². The van der Waals surface area contributed by atoms with Crippen molar-refractivity contribution in [1.82, 2.24) is 10.1 Å². The molecule has 4 N–H and O–H groups in total. The summed E-state index contributed by atoms with van der Waals surface area (Å²) in [6.45, 7) is 8.08. The van der Waals surface area contributed by atoms with Crippen molar-refractivity contribution >= 4 is 33.5 Å². The second-order valence-corrected chi connectivity index (χ2v) is 10.9. The minimum atomic E-state index is -2.19. The first-order chi connectivity index (χ1) is 21.8. The summed E-state index contributed by atoms with van der Waals surface area (Å²) in [5.41, 5.74) is 0. The Labute approximate surface area is 268 Å². The average molecular weight is 639 g/mol. The number of carbonyl (C=O) groups is 2. The Hall–Kier alpha value is -4.30. The zero-order valence-corrected chi connectivity index (χ0v) is 26.4. The highest BCUT2D eigenvalue weighted by atomic mass is 16.5. The number of hydrogen-bond donors (Lipinski definition) is 4. The summed E-state index contributed by atoms with van der Waals surface area (Å²) in [6, 6.07) is 27.5. The van der Waals surface area contributed by atoms with E-state index < -0.39 is 24.1 Å². The standard InChI is InChI=1S/2C16H21NO3.C2H2O4/c2*1-12(2)17(19)10-14(18)11-20-16-9-5-7-13-6-3-4-8-15(13)16;3-1(4)2(5)6/h2*3-9,12,14,18-19H,10-11H2,1-2H3;(H,3,4)(H,5,6)/p-2. The molecular weight excluding hydrogens is 596 g/mol. The van der Waals surface area contributed by atoms with Crippen molar-refractivity contribution in [2.75, 3.05) is 26.3 Å². The number of aliphatic hydroxyl groups is 2. The lowest BCUT2D eigenvalue weighted by Gasteiger charge is -2.22. The third-order valence-electron chi connectivity index (χ3n) is 6.52. The van der Waals surface area contributed by atoms with E-state index in [4.69, 9.17) is 29.3 Å². The van der Waals surface area contributed by atoms with Gasteiger partial charge in [0, 0.05) is 22.9 Å². The van der Waals surface area contributed by atoms with E-state index in [0.717, 1.165) is 43.2 Å². The summed E-state index contributed by atoms with van der Waals surface area (Å²) < 4.78 is 11.3. The number of nitrogens with zero attached hydrogens (tertiary/aromatic N) is 2. The van der Waals surface area contributed by atoms with Crippen LogP contribution < -0.4 is 19.7 Å². The number of fused-ring (bicyclic) bond motifs is 2. The lowest BCUT2D eigenvalue weighted by atomic mass is 10.1. The van der Waals surface area contributed by atoms with E-state index in [-0.39, 0.29) is 38.4 Å². The van der Waals surface area contributed by atoms with E-state index in [1.807, 2.05) is 113 Å². The summed E-state index contributed by atoms with van der Waals surface area (Å²) >= 11 is 0. The second kappa shape index (κ2) is 19.3. The highest BCUT2D eigenvalue weighted by Crippen LogP contribution is 2.26. The largest absolute Gasteiger partial charge is 0.543 e. The van der Waals surface area contributed by atoms with Crippen molar-refractivity contribution in [2.24, 2.45) is 0 Å². The van der Waals surface area contributed by atoms with Gasteiger partial charge in [0.05, 0.1) is 25.0 Å². The molecule has 0 aliphatic heterocycles. The van der Waals surface area contributed by atoms with Gasteiger partial charge in [-0.3, -0.25) is 0 Å². The molecule has 0 bridgehead atoms. The quantitative estimate of drug-likeness (QED) is 0.131. The lowest BCUT2D eigenvalue weighted by Crippen LogP contribution is -2.42. The number of benzene rings is 4. The molecular formula is C34H42N2O10-2. The van der Waals surface area contributed by atoms with Crippen LogP contribution >= 0.6 is 0 Å². The van der Waals surface area contributed by atoms with Crippen LogP contribution in [0.3, 0.4) is 0 Å². The third-order valence-corrected chi connectivity index (χ3v) is 6.52. The number of hydrogen-bond acceptors (Lipinski definition) is 12. The Bertz CT molecular complexity index is 1390. The SMILES string of the molecule is CC(C)N(O)CC(O)COc1cccc2ccccc12.CC(C)N(O)CC(O)COc1cccc2ccccc12.O=C([O-])C(=O)[O-]. The van der Waals surface area contributed by atoms with E-state index in [2.05, 4.69) is 0 Å². The normalized spacial score (nSPS) is 12.3. The molecule has 4 rings (SSSR count). The molecule has 4 aromatic carbocycles. The fourth-order valence-electron chi connectivity index (χ4n) is 3.97. The molecule has 12 heteroatoms. The molecule has 0 saturated heterocycles. The van der Waals surface area contributed by atoms with Crippen LogP contribution in [-0.4, -0.2) is 93.3 Å². The van der Waals surface area contributed by atoms with E-state index in [1.165, 1.54) is 0 Å². The first-order valence-corrected chi connectivity index (χ1v) is 14.7. The molecule has 0 amide bonds. The van der Waals surface area contributed by atoms with Crippen molar-refractivity contribution in [3.8, 4) is 11.5 Å². The smallest absolute Gasteiger partial charge is 0.127 e. The van der Waals surface area contributed by atoms with E-state index in [9.17, 15) is 20.6 Å². The first-order valence-electron chi connectivity index (χ1n) is 14.7. The van der Waals surface area contributed by atoms with Gasteiger partial charge in [-0.1, -0.05) is 72.8 Å². The Morgan fingerprint density at radius 2 is 0.935 bits per heavy atom. The molecule has 250 valence electrons. The van der Waals surface area contributed by atoms with Crippen LogP contribution in [0, 0.1) is 0 Å². The maximum absolute atomic E-state index is 9.88. The van der Waals surface area contributed by atoms with Crippen LogP contribution in [0.25, 0.3) is 21.5 Å². The summed E-state index contributed by atoms with van der Waals surface area (Å²) in [5.74, 6) is -2.88. The van der Waals surface area contributed by atoms with Crippen LogP contribution in [0.5, 0.6) is 11.5 Å². The van der Waals surface area contributed by atoms with Crippen LogP contribution in [0.4, 0.5) is 0 Å². The van der Waals surface area contributed by atoms with Crippen molar-refractivity contribution in [3.63, 3.8) is 0 Å². The number of ether oxygens (including phenoxy) is 2. The van der Waals surface area contributed by atoms with Crippen LogP contribution in [0.1, 0.15) is 27.7 Å². The van der Waals surface area contributed by atoms with Crippen molar-refractivity contribution in [3.05, 3.63) is 84.9 Å². The van der Waals surface area contributed by atoms with Crippen molar-refractivity contribution < 1.29 is 49.9 Å². The Morgan fingerprint density at radius 1 is 0.609 bits per heavy atom. The molecule has 0 radical (unpaired) electrons. The molecule has 2 unspecified atom stereocenters. The molecule has 0 heterocycles. The molecule has 0 saturated carbocycles. The second-order valence-electron chi connectivity index (χ2n) is 10.9. The molecule has 46 heavy (non-hydrogen) atoms. The third kappa shape index (κ3) is 13.0. The van der Waals surface area contributed by atoms with Crippen molar-refractivity contribution in [1.29, 1.82) is 0 Å². The van der Waals surface area contributed by atoms with E-state index >= 15 is 0 Å². The highest BCUT2D eigenvalue weighted by molar-refractivity contribution is 6.25. The zero-order valence-electron chi connectivity index (χ0n) is 26.4. The Balaban J connectivity index is 0.000000273. The van der Waals surface area contributed by atoms with Gasteiger partial charge in [-0.05, 0) is 50.6 Å². The number of carbonyl (C=O) groups excluding carboxylic acids is 2. The number of carboxylic acid groups (broad SMARTS) is 2. The Morgan fingerprint density at radius 3 is 1.26 bits per heavy atom. The van der Waals surface area contributed by atoms with Gasteiger partial charge in [-0.25, -0.2) is 0 Å². The molecule has 0 fully saturated rings. The van der Waals surface area contributed by atoms with Gasteiger partial charge in [0.2, 0.25) is 0 Å². The first kappa shape index (κ1) is 37.9. The summed E-state index contributed by atoms with van der Waals surface area (Å²) in [7, 11) is 0. The molecule has 0 aromatic heterocycles. The van der Waals surface area contributed by atoms with Gasteiger partial charge in [0.1, 0.15) is 36.9 Å². The van der Waals surface area contributed by atoms with Crippen LogP contribution in [-0.2, 0) is 9.59 Å². The average Bonchev–Trinajstić information content (AvgIpc) is 3.03. The lowest BCUT2D eigenvalue weighted by molar-refractivity contribution is -0.345.